The maximum atomic E-state index is 12.9. The number of fused-ring (bicyclic) bond motifs is 1. The van der Waals surface area contributed by atoms with Crippen molar-refractivity contribution in [1.82, 2.24) is 0 Å². The fourth-order valence-electron chi connectivity index (χ4n) is 4.30. The highest BCUT2D eigenvalue weighted by atomic mass is 16.7. The number of carbonyl (C=O) groups is 1. The van der Waals surface area contributed by atoms with Crippen LogP contribution in [-0.4, -0.2) is 80.8 Å². The predicted octanol–water partition coefficient (Wildman–Crippen LogP) is -0.314. The Hall–Kier alpha value is -2.01. The van der Waals surface area contributed by atoms with Crippen molar-refractivity contribution in [1.29, 1.82) is 0 Å². The van der Waals surface area contributed by atoms with Gasteiger partial charge in [0.05, 0.1) is 30.5 Å². The molecule has 1 aromatic rings. The van der Waals surface area contributed by atoms with E-state index in [4.69, 9.17) is 14.2 Å². The maximum absolute atomic E-state index is 12.9. The zero-order valence-corrected chi connectivity index (χ0v) is 16.2. The van der Waals surface area contributed by atoms with Crippen molar-refractivity contribution in [2.45, 2.75) is 62.2 Å². The first-order valence-electron chi connectivity index (χ1n) is 10.0. The average Bonchev–Trinajstić information content (AvgIpc) is 2.75. The number of aromatic hydroxyl groups is 1. The van der Waals surface area contributed by atoms with Crippen molar-refractivity contribution in [3.05, 3.63) is 36.1 Å². The van der Waals surface area contributed by atoms with Crippen molar-refractivity contribution >= 4 is 11.4 Å². The molecule has 0 radical (unpaired) electrons. The fourth-order valence-corrected chi connectivity index (χ4v) is 4.30. The lowest BCUT2D eigenvalue weighted by Gasteiger charge is -2.43. The minimum absolute atomic E-state index is 0.0248. The van der Waals surface area contributed by atoms with Crippen molar-refractivity contribution < 1.29 is 44.5 Å². The standard InChI is InChI=1S/C21H26O9/c22-8-16-18(25)19(26)20(27)21(30-16)29-12-5-6-13-15(7-12)28-9-14(17(13)24)10-1-3-11(23)4-2-10/h1-4,9,12-13,15-16,18-23,25-27H,5-8H2/t12?,13?,15?,16-,18-,19+,20-,21?/m1/s1. The molecule has 3 aliphatic rings. The number of hydrogen-bond acceptors (Lipinski definition) is 9. The number of aliphatic hydroxyl groups is 4. The Kier molecular flexibility index (Phi) is 6.10. The molecule has 2 heterocycles. The van der Waals surface area contributed by atoms with Crippen LogP contribution in [0.5, 0.6) is 5.75 Å². The number of ether oxygens (including phenoxy) is 3. The molecular formula is C21H26O9. The van der Waals surface area contributed by atoms with Crippen molar-refractivity contribution in [3.63, 3.8) is 0 Å². The van der Waals surface area contributed by atoms with E-state index in [0.29, 0.717) is 30.4 Å². The van der Waals surface area contributed by atoms with Crippen LogP contribution in [0, 0.1) is 5.92 Å². The SMILES string of the molecule is O=C1C(c2ccc(O)cc2)=COC2CC(OC3O[C@H](CO)[C@@H](O)[C@H](O)[C@H]3O)CCC12. The smallest absolute Gasteiger partial charge is 0.186 e. The summed E-state index contributed by atoms with van der Waals surface area (Å²) in [6.45, 7) is -0.525. The van der Waals surface area contributed by atoms with E-state index < -0.39 is 37.3 Å². The van der Waals surface area contributed by atoms with Gasteiger partial charge in [-0.15, -0.1) is 0 Å². The highest BCUT2D eigenvalue weighted by Gasteiger charge is 2.47. The summed E-state index contributed by atoms with van der Waals surface area (Å²) >= 11 is 0. The summed E-state index contributed by atoms with van der Waals surface area (Å²) in [7, 11) is 0. The lowest BCUT2D eigenvalue weighted by molar-refractivity contribution is -0.314. The third-order valence-electron chi connectivity index (χ3n) is 6.06. The van der Waals surface area contributed by atoms with Crippen LogP contribution in [0.4, 0.5) is 0 Å². The lowest BCUT2D eigenvalue weighted by Crippen LogP contribution is -2.60. The molecule has 4 unspecified atom stereocenters. The Bertz CT molecular complexity index is 790. The lowest BCUT2D eigenvalue weighted by atomic mass is 9.78. The Morgan fingerprint density at radius 3 is 2.47 bits per heavy atom. The normalized spacial score (nSPS) is 39.1. The number of Topliss-reactive ketones (excluding diaryl/α,β-unsaturated/α-hetero) is 1. The number of phenolic OH excluding ortho intramolecular Hbond substituents is 1. The highest BCUT2D eigenvalue weighted by Crippen LogP contribution is 2.38. The molecule has 4 rings (SSSR count). The molecule has 9 heteroatoms. The molecule has 1 aliphatic carbocycles. The first kappa shape index (κ1) is 21.2. The van der Waals surface area contributed by atoms with Crippen LogP contribution in [0.1, 0.15) is 24.8 Å². The first-order valence-corrected chi connectivity index (χ1v) is 10.0. The minimum atomic E-state index is -1.50. The van der Waals surface area contributed by atoms with Gasteiger partial charge in [0.15, 0.2) is 12.1 Å². The number of aliphatic hydroxyl groups excluding tert-OH is 4. The second-order valence-corrected chi connectivity index (χ2v) is 7.99. The van der Waals surface area contributed by atoms with Crippen LogP contribution < -0.4 is 0 Å². The molecule has 0 amide bonds. The second-order valence-electron chi connectivity index (χ2n) is 7.99. The molecule has 0 aromatic heterocycles. The van der Waals surface area contributed by atoms with Crippen molar-refractivity contribution in [3.8, 4) is 5.75 Å². The Labute approximate surface area is 173 Å². The summed E-state index contributed by atoms with van der Waals surface area (Å²) in [6.07, 6.45) is -4.55. The van der Waals surface area contributed by atoms with E-state index in [-0.39, 0.29) is 29.7 Å². The Morgan fingerprint density at radius 2 is 1.77 bits per heavy atom. The van der Waals surface area contributed by atoms with Gasteiger partial charge in [-0.2, -0.15) is 0 Å². The fraction of sp³-hybridized carbons (Fsp3) is 0.571. The number of hydrogen-bond donors (Lipinski definition) is 5. The van der Waals surface area contributed by atoms with Gasteiger partial charge < -0.3 is 39.7 Å². The van der Waals surface area contributed by atoms with Gasteiger partial charge in [0.25, 0.3) is 0 Å². The number of benzene rings is 1. The number of carbonyl (C=O) groups excluding carboxylic acids is 1. The van der Waals surface area contributed by atoms with Gasteiger partial charge in [0.1, 0.15) is 36.3 Å². The molecule has 8 atom stereocenters. The molecule has 164 valence electrons. The van der Waals surface area contributed by atoms with E-state index in [1.807, 2.05) is 0 Å². The van der Waals surface area contributed by atoms with Gasteiger partial charge in [-0.1, -0.05) is 12.1 Å². The van der Waals surface area contributed by atoms with Crippen LogP contribution in [0.15, 0.2) is 30.5 Å². The summed E-state index contributed by atoms with van der Waals surface area (Å²) in [6, 6.07) is 6.36. The van der Waals surface area contributed by atoms with E-state index in [9.17, 15) is 30.3 Å². The summed E-state index contributed by atoms with van der Waals surface area (Å²) < 4.78 is 17.0. The average molecular weight is 422 g/mol. The summed E-state index contributed by atoms with van der Waals surface area (Å²) in [5, 5.41) is 48.7. The monoisotopic (exact) mass is 422 g/mol. The zero-order valence-electron chi connectivity index (χ0n) is 16.2. The van der Waals surface area contributed by atoms with Crippen LogP contribution in [0.3, 0.4) is 0 Å². The number of rotatable bonds is 4. The van der Waals surface area contributed by atoms with Gasteiger partial charge in [-0.05, 0) is 30.5 Å². The summed E-state index contributed by atoms with van der Waals surface area (Å²) in [4.78, 5) is 12.9. The van der Waals surface area contributed by atoms with E-state index in [2.05, 4.69) is 0 Å². The van der Waals surface area contributed by atoms with Gasteiger partial charge in [0, 0.05) is 6.42 Å². The molecule has 1 saturated heterocycles. The molecule has 1 saturated carbocycles. The number of allylic oxidation sites excluding steroid dienone is 1. The van der Waals surface area contributed by atoms with Gasteiger partial charge in [-0.3, -0.25) is 4.79 Å². The molecule has 2 fully saturated rings. The summed E-state index contributed by atoms with van der Waals surface area (Å²) in [5.41, 5.74) is 1.14. The van der Waals surface area contributed by atoms with E-state index in [0.717, 1.165) is 0 Å². The van der Waals surface area contributed by atoms with Crippen molar-refractivity contribution in [2.75, 3.05) is 6.61 Å². The molecule has 5 N–H and O–H groups in total. The van der Waals surface area contributed by atoms with E-state index in [1.165, 1.54) is 18.4 Å². The molecule has 1 aromatic carbocycles. The van der Waals surface area contributed by atoms with Gasteiger partial charge >= 0.3 is 0 Å². The Balaban J connectivity index is 1.41. The Morgan fingerprint density at radius 1 is 1.03 bits per heavy atom. The quantitative estimate of drug-likeness (QED) is 0.441. The van der Waals surface area contributed by atoms with Gasteiger partial charge in [-0.25, -0.2) is 0 Å². The topological polar surface area (TPSA) is 146 Å². The largest absolute Gasteiger partial charge is 0.508 e. The van der Waals surface area contributed by atoms with Crippen molar-refractivity contribution in [2.24, 2.45) is 5.92 Å². The molecule has 0 spiro atoms. The third-order valence-corrected chi connectivity index (χ3v) is 6.06. The van der Waals surface area contributed by atoms with Crippen LogP contribution in [-0.2, 0) is 19.0 Å². The van der Waals surface area contributed by atoms with Gasteiger partial charge in [0.2, 0.25) is 0 Å². The molecule has 9 nitrogen and oxygen atoms in total. The molecule has 30 heavy (non-hydrogen) atoms. The predicted molar refractivity (Wildman–Crippen MR) is 102 cm³/mol. The second kappa shape index (κ2) is 8.62. The van der Waals surface area contributed by atoms with E-state index >= 15 is 0 Å². The number of phenols is 1. The highest BCUT2D eigenvalue weighted by molar-refractivity contribution is 6.22. The van der Waals surface area contributed by atoms with Crippen LogP contribution in [0.25, 0.3) is 5.57 Å². The zero-order chi connectivity index (χ0) is 21.4. The third kappa shape index (κ3) is 3.96. The summed E-state index contributed by atoms with van der Waals surface area (Å²) in [5.74, 6) is -0.232. The maximum Gasteiger partial charge on any atom is 0.186 e. The molecular weight excluding hydrogens is 396 g/mol. The van der Waals surface area contributed by atoms with Crippen LogP contribution in [0.2, 0.25) is 0 Å². The first-order chi connectivity index (χ1) is 14.4. The minimum Gasteiger partial charge on any atom is -0.508 e. The molecule has 2 aliphatic heterocycles. The number of ketones is 1. The van der Waals surface area contributed by atoms with E-state index in [1.54, 1.807) is 12.1 Å². The van der Waals surface area contributed by atoms with Crippen LogP contribution >= 0.6 is 0 Å². The molecule has 0 bridgehead atoms.